The van der Waals surface area contributed by atoms with Gasteiger partial charge in [0.1, 0.15) is 5.75 Å². The fourth-order valence-electron chi connectivity index (χ4n) is 2.81. The van der Waals surface area contributed by atoms with Gasteiger partial charge < -0.3 is 30.2 Å². The van der Waals surface area contributed by atoms with Crippen LogP contribution in [-0.4, -0.2) is 59.9 Å². The summed E-state index contributed by atoms with van der Waals surface area (Å²) in [5, 5.41) is 9.31. The number of benzene rings is 2. The van der Waals surface area contributed by atoms with E-state index in [0.29, 0.717) is 48.4 Å². The molecule has 2 aromatic carbocycles. The smallest absolute Gasteiger partial charge is 0.251 e. The van der Waals surface area contributed by atoms with Crippen molar-refractivity contribution < 1.29 is 19.0 Å². The number of nitrogens with one attached hydrogen (secondary N) is 3. The Morgan fingerprint density at radius 2 is 1.58 bits per heavy atom. The Labute approximate surface area is 200 Å². The Morgan fingerprint density at radius 3 is 2.26 bits per heavy atom. The zero-order valence-electron chi connectivity index (χ0n) is 18.4. The van der Waals surface area contributed by atoms with Crippen molar-refractivity contribution in [2.24, 2.45) is 4.99 Å². The van der Waals surface area contributed by atoms with Gasteiger partial charge in [-0.25, -0.2) is 0 Å². The molecule has 9 heteroatoms. The Morgan fingerprint density at radius 1 is 0.871 bits per heavy atom. The molecule has 170 valence electrons. The number of aliphatic imine (C=N–C) groups is 1. The summed E-state index contributed by atoms with van der Waals surface area (Å²) < 4.78 is 15.7. The number of carbonyl (C=O) groups is 1. The summed E-state index contributed by atoms with van der Waals surface area (Å²) in [4.78, 5) is 16.4. The lowest BCUT2D eigenvalue weighted by atomic mass is 10.1. The van der Waals surface area contributed by atoms with Gasteiger partial charge in [0.2, 0.25) is 0 Å². The van der Waals surface area contributed by atoms with Gasteiger partial charge in [-0.2, -0.15) is 0 Å². The standard InChI is InChI=1S/C22H30N4O4.HI/c1-23-22(25-11-10-16-8-9-19(29-3)20(14-16)30-4)26-13-12-24-21(27)17-6-5-7-18(15-17)28-2;/h5-9,14-15H,10-13H2,1-4H3,(H,24,27)(H2,23,25,26);1H. The number of hydrogen-bond donors (Lipinski definition) is 3. The fourth-order valence-corrected chi connectivity index (χ4v) is 2.81. The molecule has 0 spiro atoms. The van der Waals surface area contributed by atoms with Crippen LogP contribution in [0, 0.1) is 0 Å². The van der Waals surface area contributed by atoms with Crippen LogP contribution in [0.2, 0.25) is 0 Å². The van der Waals surface area contributed by atoms with Crippen molar-refractivity contribution in [2.75, 3.05) is 48.0 Å². The van der Waals surface area contributed by atoms with E-state index < -0.39 is 0 Å². The maximum Gasteiger partial charge on any atom is 0.251 e. The van der Waals surface area contributed by atoms with Gasteiger partial charge in [0.15, 0.2) is 17.5 Å². The molecule has 0 radical (unpaired) electrons. The normalized spacial score (nSPS) is 10.5. The summed E-state index contributed by atoms with van der Waals surface area (Å²) in [6, 6.07) is 12.9. The molecule has 1 amide bonds. The highest BCUT2D eigenvalue weighted by Gasteiger charge is 2.07. The first-order chi connectivity index (χ1) is 14.6. The van der Waals surface area contributed by atoms with E-state index >= 15 is 0 Å². The Kier molecular flexibility index (Phi) is 12.2. The summed E-state index contributed by atoms with van der Waals surface area (Å²) in [6.45, 7) is 1.71. The number of rotatable bonds is 10. The minimum Gasteiger partial charge on any atom is -0.497 e. The van der Waals surface area contributed by atoms with Crippen LogP contribution in [0.25, 0.3) is 0 Å². The molecule has 0 fully saturated rings. The van der Waals surface area contributed by atoms with Crippen molar-refractivity contribution in [3.05, 3.63) is 53.6 Å². The zero-order valence-corrected chi connectivity index (χ0v) is 20.7. The lowest BCUT2D eigenvalue weighted by molar-refractivity contribution is 0.0954. The van der Waals surface area contributed by atoms with Crippen LogP contribution in [-0.2, 0) is 6.42 Å². The summed E-state index contributed by atoms with van der Waals surface area (Å²) in [5.41, 5.74) is 1.69. The van der Waals surface area contributed by atoms with Crippen molar-refractivity contribution >= 4 is 35.8 Å². The van der Waals surface area contributed by atoms with E-state index in [1.165, 1.54) is 0 Å². The first-order valence-electron chi connectivity index (χ1n) is 9.69. The van der Waals surface area contributed by atoms with Crippen molar-refractivity contribution in [3.63, 3.8) is 0 Å². The summed E-state index contributed by atoms with van der Waals surface area (Å²) in [5.74, 6) is 2.60. The minimum atomic E-state index is -0.146. The topological polar surface area (TPSA) is 93.2 Å². The first kappa shape index (κ1) is 26.3. The van der Waals surface area contributed by atoms with Crippen LogP contribution in [0.3, 0.4) is 0 Å². The molecule has 0 atom stereocenters. The SMILES string of the molecule is CN=C(NCCNC(=O)c1cccc(OC)c1)NCCc1ccc(OC)c(OC)c1.I. The van der Waals surface area contributed by atoms with Crippen molar-refractivity contribution in [1.82, 2.24) is 16.0 Å². The van der Waals surface area contributed by atoms with Gasteiger partial charge in [-0.3, -0.25) is 9.79 Å². The second-order valence-corrected chi connectivity index (χ2v) is 6.35. The molecule has 2 rings (SSSR count). The van der Waals surface area contributed by atoms with E-state index in [2.05, 4.69) is 20.9 Å². The number of methoxy groups -OCH3 is 3. The van der Waals surface area contributed by atoms with Crippen molar-refractivity contribution in [2.45, 2.75) is 6.42 Å². The number of hydrogen-bond acceptors (Lipinski definition) is 5. The molecule has 0 bridgehead atoms. The van der Waals surface area contributed by atoms with Crippen molar-refractivity contribution in [1.29, 1.82) is 0 Å². The number of guanidine groups is 1. The molecule has 0 aliphatic heterocycles. The highest BCUT2D eigenvalue weighted by atomic mass is 127. The second-order valence-electron chi connectivity index (χ2n) is 6.35. The van der Waals surface area contributed by atoms with Gasteiger partial charge in [-0.05, 0) is 42.3 Å². The molecule has 2 aromatic rings. The van der Waals surface area contributed by atoms with Gasteiger partial charge >= 0.3 is 0 Å². The summed E-state index contributed by atoms with van der Waals surface area (Å²) in [6.07, 6.45) is 0.799. The fraction of sp³-hybridized carbons (Fsp3) is 0.364. The average Bonchev–Trinajstić information content (AvgIpc) is 2.80. The molecule has 31 heavy (non-hydrogen) atoms. The van der Waals surface area contributed by atoms with Crippen LogP contribution in [0.5, 0.6) is 17.2 Å². The van der Waals surface area contributed by atoms with Crippen LogP contribution >= 0.6 is 24.0 Å². The predicted molar refractivity (Wildman–Crippen MR) is 133 cm³/mol. The maximum absolute atomic E-state index is 12.2. The third kappa shape index (κ3) is 8.52. The largest absolute Gasteiger partial charge is 0.497 e. The number of ether oxygens (including phenoxy) is 3. The highest BCUT2D eigenvalue weighted by Crippen LogP contribution is 2.27. The molecule has 0 aromatic heterocycles. The number of carbonyl (C=O) groups excluding carboxylic acids is 1. The second kappa shape index (κ2) is 14.3. The van der Waals surface area contributed by atoms with Gasteiger partial charge in [0.25, 0.3) is 5.91 Å². The molecule has 0 aliphatic carbocycles. The number of nitrogens with zero attached hydrogens (tertiary/aromatic N) is 1. The van der Waals surface area contributed by atoms with E-state index in [4.69, 9.17) is 14.2 Å². The predicted octanol–water partition coefficient (Wildman–Crippen LogP) is 2.47. The Hall–Kier alpha value is -2.69. The molecular weight excluding hydrogens is 511 g/mol. The molecule has 3 N–H and O–H groups in total. The lowest BCUT2D eigenvalue weighted by Gasteiger charge is -2.13. The highest BCUT2D eigenvalue weighted by molar-refractivity contribution is 14.0. The molecule has 0 aliphatic rings. The first-order valence-corrected chi connectivity index (χ1v) is 9.69. The van der Waals surface area contributed by atoms with Gasteiger partial charge in [-0.1, -0.05) is 12.1 Å². The van der Waals surface area contributed by atoms with E-state index in [0.717, 1.165) is 12.0 Å². The third-order valence-corrected chi connectivity index (χ3v) is 4.41. The summed E-state index contributed by atoms with van der Waals surface area (Å²) >= 11 is 0. The monoisotopic (exact) mass is 542 g/mol. The molecular formula is C22H31IN4O4. The molecule has 0 saturated carbocycles. The van der Waals surface area contributed by atoms with E-state index in [1.807, 2.05) is 18.2 Å². The van der Waals surface area contributed by atoms with Crippen LogP contribution < -0.4 is 30.2 Å². The zero-order chi connectivity index (χ0) is 21.8. The van der Waals surface area contributed by atoms with Crippen LogP contribution in [0.1, 0.15) is 15.9 Å². The molecule has 0 saturated heterocycles. The van der Waals surface area contributed by atoms with E-state index in [9.17, 15) is 4.79 Å². The lowest BCUT2D eigenvalue weighted by Crippen LogP contribution is -2.42. The van der Waals surface area contributed by atoms with Crippen LogP contribution in [0.15, 0.2) is 47.5 Å². The van der Waals surface area contributed by atoms with E-state index in [1.54, 1.807) is 52.6 Å². The number of amides is 1. The molecule has 0 heterocycles. The summed E-state index contributed by atoms with van der Waals surface area (Å²) in [7, 11) is 6.53. The van der Waals surface area contributed by atoms with E-state index in [-0.39, 0.29) is 29.9 Å². The molecule has 8 nitrogen and oxygen atoms in total. The average molecular weight is 542 g/mol. The maximum atomic E-state index is 12.2. The number of halogens is 1. The Balaban J connectivity index is 0.00000480. The van der Waals surface area contributed by atoms with Crippen LogP contribution in [0.4, 0.5) is 0 Å². The quantitative estimate of drug-likeness (QED) is 0.185. The van der Waals surface area contributed by atoms with Gasteiger partial charge in [0, 0.05) is 32.2 Å². The molecule has 0 unspecified atom stereocenters. The van der Waals surface area contributed by atoms with Gasteiger partial charge in [0.05, 0.1) is 21.3 Å². The van der Waals surface area contributed by atoms with Crippen molar-refractivity contribution in [3.8, 4) is 17.2 Å². The third-order valence-electron chi connectivity index (χ3n) is 4.41. The Bertz CT molecular complexity index is 861. The minimum absolute atomic E-state index is 0. The van der Waals surface area contributed by atoms with Gasteiger partial charge in [-0.15, -0.1) is 24.0 Å².